The first-order chi connectivity index (χ1) is 16.2. The number of anilines is 3. The van der Waals surface area contributed by atoms with Gasteiger partial charge >= 0.3 is 0 Å². The number of hydrogen-bond acceptors (Lipinski definition) is 5. The molecule has 0 aromatic heterocycles. The summed E-state index contributed by atoms with van der Waals surface area (Å²) in [6.07, 6.45) is 0. The summed E-state index contributed by atoms with van der Waals surface area (Å²) in [6.45, 7) is 9.41. The topological polar surface area (TPSA) is 73.2 Å². The first kappa shape index (κ1) is 23.1. The van der Waals surface area contributed by atoms with Gasteiger partial charge in [0.15, 0.2) is 0 Å². The molecule has 4 rings (SSSR count). The largest absolute Gasteiger partial charge is 0.508 e. The van der Waals surface area contributed by atoms with Crippen LogP contribution < -0.4 is 9.64 Å². The lowest BCUT2D eigenvalue weighted by Gasteiger charge is -2.30. The van der Waals surface area contributed by atoms with Crippen molar-refractivity contribution in [3.05, 3.63) is 94.5 Å². The van der Waals surface area contributed by atoms with Gasteiger partial charge in [-0.15, -0.1) is 0 Å². The molecule has 4 aromatic carbocycles. The van der Waals surface area contributed by atoms with Crippen molar-refractivity contribution >= 4 is 17.1 Å². The minimum absolute atomic E-state index is 0.134. The van der Waals surface area contributed by atoms with Gasteiger partial charge in [0.2, 0.25) is 0 Å². The molecule has 0 aliphatic heterocycles. The monoisotopic (exact) mass is 455 g/mol. The Morgan fingerprint density at radius 2 is 1.18 bits per heavy atom. The summed E-state index contributed by atoms with van der Waals surface area (Å²) in [4.78, 5) is 2.01. The van der Waals surface area contributed by atoms with E-state index in [0.717, 1.165) is 44.9 Å². The van der Waals surface area contributed by atoms with Crippen molar-refractivity contribution in [2.75, 3.05) is 4.90 Å². The van der Waals surface area contributed by atoms with Gasteiger partial charge < -0.3 is 25.0 Å². The third-order valence-corrected chi connectivity index (χ3v) is 6.17. The van der Waals surface area contributed by atoms with Crippen LogP contribution >= 0.6 is 0 Å². The molecule has 4 aromatic rings. The maximum absolute atomic E-state index is 10.7. The summed E-state index contributed by atoms with van der Waals surface area (Å²) < 4.78 is 6.11. The van der Waals surface area contributed by atoms with Crippen LogP contribution in [-0.4, -0.2) is 15.3 Å². The highest BCUT2D eigenvalue weighted by molar-refractivity contribution is 5.83. The van der Waals surface area contributed by atoms with Gasteiger partial charge in [-0.05, 0) is 81.6 Å². The third kappa shape index (κ3) is 4.25. The van der Waals surface area contributed by atoms with Crippen LogP contribution in [0.15, 0.2) is 66.7 Å². The van der Waals surface area contributed by atoms with Gasteiger partial charge in [-0.25, -0.2) is 0 Å². The fourth-order valence-electron chi connectivity index (χ4n) is 4.05. The van der Waals surface area contributed by atoms with Gasteiger partial charge in [0.1, 0.15) is 28.7 Å². The predicted octanol–water partition coefficient (Wildman–Crippen LogP) is 7.61. The molecule has 0 atom stereocenters. The van der Waals surface area contributed by atoms with Crippen LogP contribution in [0.5, 0.6) is 28.7 Å². The van der Waals surface area contributed by atoms with Gasteiger partial charge in [-0.2, -0.15) is 0 Å². The SMILES string of the molecule is Cc1ccc(O)cc1Oc1cccc(N(c2ccc(C)c(O)c2C)c2ccc(C)c(O)c2C)c1. The van der Waals surface area contributed by atoms with E-state index in [2.05, 4.69) is 0 Å². The quantitative estimate of drug-likeness (QED) is 0.289. The zero-order valence-corrected chi connectivity index (χ0v) is 20.0. The number of hydrogen-bond donors (Lipinski definition) is 3. The van der Waals surface area contributed by atoms with Crippen LogP contribution in [-0.2, 0) is 0 Å². The Morgan fingerprint density at radius 3 is 1.76 bits per heavy atom. The summed E-state index contributed by atoms with van der Waals surface area (Å²) in [7, 11) is 0. The number of aryl methyl sites for hydroxylation is 3. The molecule has 0 fully saturated rings. The number of benzene rings is 4. The number of nitrogens with zero attached hydrogens (tertiary/aromatic N) is 1. The van der Waals surface area contributed by atoms with E-state index in [1.807, 2.05) is 88.0 Å². The fourth-order valence-corrected chi connectivity index (χ4v) is 4.05. The molecule has 0 spiro atoms. The summed E-state index contributed by atoms with van der Waals surface area (Å²) in [6, 6.07) is 20.3. The fraction of sp³-hybridized carbons (Fsp3) is 0.172. The van der Waals surface area contributed by atoms with Crippen LogP contribution in [0.2, 0.25) is 0 Å². The normalized spacial score (nSPS) is 10.9. The molecule has 0 saturated carbocycles. The molecular weight excluding hydrogens is 426 g/mol. The Morgan fingerprint density at radius 1 is 0.618 bits per heavy atom. The Hall–Kier alpha value is -4.12. The van der Waals surface area contributed by atoms with E-state index < -0.39 is 0 Å². The number of phenols is 3. The first-order valence-electron chi connectivity index (χ1n) is 11.1. The van der Waals surface area contributed by atoms with E-state index in [-0.39, 0.29) is 17.2 Å². The minimum atomic E-state index is 0.134. The predicted molar refractivity (Wildman–Crippen MR) is 136 cm³/mol. The van der Waals surface area contributed by atoms with Crippen LogP contribution in [0.3, 0.4) is 0 Å². The van der Waals surface area contributed by atoms with Gasteiger partial charge in [0.05, 0.1) is 11.4 Å². The molecule has 0 saturated heterocycles. The molecule has 0 amide bonds. The average molecular weight is 456 g/mol. The van der Waals surface area contributed by atoms with E-state index in [1.165, 1.54) is 0 Å². The van der Waals surface area contributed by atoms with E-state index >= 15 is 0 Å². The zero-order valence-electron chi connectivity index (χ0n) is 20.0. The number of ether oxygens (including phenoxy) is 1. The third-order valence-electron chi connectivity index (χ3n) is 6.17. The van der Waals surface area contributed by atoms with Gasteiger partial charge in [-0.1, -0.05) is 24.3 Å². The lowest BCUT2D eigenvalue weighted by molar-refractivity contribution is 0.453. The standard InChI is InChI=1S/C29H29NO4/c1-17-9-12-23(31)16-27(17)34-24-8-6-7-22(15-24)30(25-13-10-18(2)28(32)20(25)4)26-14-11-19(3)29(33)21(26)5/h6-16,31-33H,1-5H3. The molecule has 0 aliphatic carbocycles. The molecule has 0 unspecified atom stereocenters. The number of aromatic hydroxyl groups is 3. The van der Waals surface area contributed by atoms with Crippen LogP contribution in [0, 0.1) is 34.6 Å². The van der Waals surface area contributed by atoms with Crippen LogP contribution in [0.1, 0.15) is 27.8 Å². The molecule has 5 nitrogen and oxygen atoms in total. The highest BCUT2D eigenvalue weighted by Crippen LogP contribution is 2.44. The lowest BCUT2D eigenvalue weighted by atomic mass is 10.0. The van der Waals surface area contributed by atoms with E-state index in [9.17, 15) is 15.3 Å². The Kier molecular flexibility index (Phi) is 6.12. The van der Waals surface area contributed by atoms with Crippen LogP contribution in [0.25, 0.3) is 0 Å². The van der Waals surface area contributed by atoms with Crippen molar-refractivity contribution in [3.8, 4) is 28.7 Å². The Balaban J connectivity index is 1.88. The number of rotatable bonds is 5. The molecule has 3 N–H and O–H groups in total. The molecule has 0 bridgehead atoms. The Bertz CT molecular complexity index is 1320. The summed E-state index contributed by atoms with van der Waals surface area (Å²) in [5, 5.41) is 31.2. The molecule has 0 heterocycles. The van der Waals surface area contributed by atoms with E-state index in [1.54, 1.807) is 18.2 Å². The maximum Gasteiger partial charge on any atom is 0.134 e. The van der Waals surface area contributed by atoms with Gasteiger partial charge in [0, 0.05) is 28.9 Å². The van der Waals surface area contributed by atoms with Gasteiger partial charge in [-0.3, -0.25) is 0 Å². The molecule has 5 heteroatoms. The van der Waals surface area contributed by atoms with Crippen LogP contribution in [0.4, 0.5) is 17.1 Å². The minimum Gasteiger partial charge on any atom is -0.508 e. The second kappa shape index (κ2) is 9.02. The Labute approximate surface area is 200 Å². The molecule has 0 aliphatic rings. The summed E-state index contributed by atoms with van der Waals surface area (Å²) in [5.74, 6) is 1.77. The van der Waals surface area contributed by atoms with Crippen molar-refractivity contribution in [3.63, 3.8) is 0 Å². The zero-order chi connectivity index (χ0) is 24.6. The highest BCUT2D eigenvalue weighted by Gasteiger charge is 2.21. The van der Waals surface area contributed by atoms with E-state index in [4.69, 9.17) is 4.74 Å². The average Bonchev–Trinajstić information content (AvgIpc) is 2.81. The molecular formula is C29H29NO4. The number of phenolic OH excluding ortho intramolecular Hbond substituents is 3. The molecule has 174 valence electrons. The highest BCUT2D eigenvalue weighted by atomic mass is 16.5. The van der Waals surface area contributed by atoms with E-state index in [0.29, 0.717) is 11.5 Å². The second-order valence-electron chi connectivity index (χ2n) is 8.64. The summed E-state index contributed by atoms with van der Waals surface area (Å²) >= 11 is 0. The van der Waals surface area contributed by atoms with Crippen molar-refractivity contribution in [2.24, 2.45) is 0 Å². The molecule has 34 heavy (non-hydrogen) atoms. The van der Waals surface area contributed by atoms with Crippen molar-refractivity contribution in [2.45, 2.75) is 34.6 Å². The molecule has 0 radical (unpaired) electrons. The van der Waals surface area contributed by atoms with Crippen molar-refractivity contribution in [1.29, 1.82) is 0 Å². The summed E-state index contributed by atoms with van der Waals surface area (Å²) in [5.41, 5.74) is 6.33. The second-order valence-corrected chi connectivity index (χ2v) is 8.64. The smallest absolute Gasteiger partial charge is 0.134 e. The van der Waals surface area contributed by atoms with Crippen molar-refractivity contribution in [1.82, 2.24) is 0 Å². The maximum atomic E-state index is 10.7. The van der Waals surface area contributed by atoms with Gasteiger partial charge in [0.25, 0.3) is 0 Å². The first-order valence-corrected chi connectivity index (χ1v) is 11.1. The lowest BCUT2D eigenvalue weighted by Crippen LogP contribution is -2.13. The van der Waals surface area contributed by atoms with Crippen molar-refractivity contribution < 1.29 is 20.1 Å².